The van der Waals surface area contributed by atoms with E-state index in [-0.39, 0.29) is 17.9 Å². The van der Waals surface area contributed by atoms with Gasteiger partial charge in [0.2, 0.25) is 11.9 Å². The first-order valence-electron chi connectivity index (χ1n) is 5.99. The van der Waals surface area contributed by atoms with Crippen LogP contribution in [0.25, 0.3) is 11.4 Å². The molecule has 0 unspecified atom stereocenters. The van der Waals surface area contributed by atoms with Gasteiger partial charge in [-0.15, -0.1) is 0 Å². The van der Waals surface area contributed by atoms with Gasteiger partial charge in [0.15, 0.2) is 5.82 Å². The number of carbonyl (C=O) groups is 1. The summed E-state index contributed by atoms with van der Waals surface area (Å²) < 4.78 is 0. The summed E-state index contributed by atoms with van der Waals surface area (Å²) in [5.41, 5.74) is 11.8. The molecular weight excluding hydrogens is 258 g/mol. The molecule has 1 saturated heterocycles. The number of benzene rings is 1. The number of anilines is 2. The fourth-order valence-corrected chi connectivity index (χ4v) is 1.54. The lowest BCUT2D eigenvalue weighted by Crippen LogP contribution is -2.20. The lowest BCUT2D eigenvalue weighted by Gasteiger charge is -2.00. The zero-order chi connectivity index (χ0) is 14.4. The first kappa shape index (κ1) is 13.5. The zero-order valence-electron chi connectivity index (χ0n) is 10.7. The predicted octanol–water partition coefficient (Wildman–Crippen LogP) is 0.00220. The fourth-order valence-electron chi connectivity index (χ4n) is 1.54. The van der Waals surface area contributed by atoms with E-state index in [1.54, 1.807) is 0 Å². The number of amides is 2. The van der Waals surface area contributed by atoms with Crippen LogP contribution in [0.1, 0.15) is 0 Å². The van der Waals surface area contributed by atoms with Gasteiger partial charge in [0.05, 0.1) is 0 Å². The summed E-state index contributed by atoms with van der Waals surface area (Å²) in [6.45, 7) is 1.55. The molecule has 2 heterocycles. The van der Waals surface area contributed by atoms with Gasteiger partial charge in [-0.2, -0.15) is 15.0 Å². The van der Waals surface area contributed by atoms with Crippen LogP contribution in [-0.4, -0.2) is 34.1 Å². The number of aromatic nitrogens is 3. The maximum atomic E-state index is 10.0. The van der Waals surface area contributed by atoms with E-state index in [9.17, 15) is 4.79 Å². The molecule has 0 spiro atoms. The van der Waals surface area contributed by atoms with Crippen molar-refractivity contribution in [1.29, 1.82) is 0 Å². The molecule has 20 heavy (non-hydrogen) atoms. The number of urea groups is 1. The van der Waals surface area contributed by atoms with Gasteiger partial charge in [0.1, 0.15) is 0 Å². The monoisotopic (exact) mass is 273 g/mol. The summed E-state index contributed by atoms with van der Waals surface area (Å²) in [5.74, 6) is 0.767. The third kappa shape index (κ3) is 3.80. The molecule has 1 aliphatic heterocycles. The highest BCUT2D eigenvalue weighted by Crippen LogP contribution is 2.14. The van der Waals surface area contributed by atoms with Crippen LogP contribution in [0.2, 0.25) is 0 Å². The van der Waals surface area contributed by atoms with E-state index in [1.807, 2.05) is 30.3 Å². The van der Waals surface area contributed by atoms with Gasteiger partial charge >= 0.3 is 6.03 Å². The Labute approximate surface area is 115 Å². The normalized spacial score (nSPS) is 12.9. The molecular formula is C12H15N7O. The Balaban J connectivity index is 0.000000205. The van der Waals surface area contributed by atoms with Crippen molar-refractivity contribution in [3.63, 3.8) is 0 Å². The van der Waals surface area contributed by atoms with Gasteiger partial charge in [0.25, 0.3) is 0 Å². The average molecular weight is 273 g/mol. The van der Waals surface area contributed by atoms with Crippen LogP contribution in [0, 0.1) is 0 Å². The molecule has 1 aromatic heterocycles. The van der Waals surface area contributed by atoms with Crippen LogP contribution >= 0.6 is 0 Å². The van der Waals surface area contributed by atoms with Gasteiger partial charge in [-0.05, 0) is 0 Å². The molecule has 1 fully saturated rings. The van der Waals surface area contributed by atoms with E-state index in [0.29, 0.717) is 5.82 Å². The summed E-state index contributed by atoms with van der Waals surface area (Å²) in [6.07, 6.45) is 0. The molecule has 2 amide bonds. The van der Waals surface area contributed by atoms with E-state index in [4.69, 9.17) is 11.5 Å². The topological polar surface area (TPSA) is 132 Å². The van der Waals surface area contributed by atoms with E-state index < -0.39 is 0 Å². The molecule has 8 nitrogen and oxygen atoms in total. The number of nitrogens with one attached hydrogen (secondary N) is 2. The molecule has 0 saturated carbocycles. The Morgan fingerprint density at radius 3 is 1.90 bits per heavy atom. The van der Waals surface area contributed by atoms with Crippen LogP contribution in [0.5, 0.6) is 0 Å². The summed E-state index contributed by atoms with van der Waals surface area (Å²) >= 11 is 0. The van der Waals surface area contributed by atoms with Gasteiger partial charge < -0.3 is 22.1 Å². The quantitative estimate of drug-likeness (QED) is 0.578. The molecule has 6 N–H and O–H groups in total. The summed E-state index contributed by atoms with van der Waals surface area (Å²) in [6, 6.07) is 9.42. The lowest BCUT2D eigenvalue weighted by atomic mass is 10.2. The fraction of sp³-hybridized carbons (Fsp3) is 0.167. The van der Waals surface area contributed by atoms with Crippen LogP contribution in [0.3, 0.4) is 0 Å². The van der Waals surface area contributed by atoms with Crippen LogP contribution < -0.4 is 22.1 Å². The highest BCUT2D eigenvalue weighted by atomic mass is 16.2. The number of nitrogen functional groups attached to an aromatic ring is 2. The molecule has 0 radical (unpaired) electrons. The van der Waals surface area contributed by atoms with Crippen molar-refractivity contribution in [2.75, 3.05) is 24.6 Å². The van der Waals surface area contributed by atoms with Gasteiger partial charge in [-0.1, -0.05) is 30.3 Å². The average Bonchev–Trinajstić information content (AvgIpc) is 2.91. The number of carbonyl (C=O) groups excluding carboxylic acids is 1. The third-order valence-electron chi connectivity index (χ3n) is 2.40. The minimum atomic E-state index is -0.0463. The SMILES string of the molecule is Nc1nc(N)nc(-c2ccccc2)n1.O=C1NCCN1. The molecule has 1 aromatic carbocycles. The number of hydrogen-bond donors (Lipinski definition) is 4. The highest BCUT2D eigenvalue weighted by Gasteiger charge is 2.03. The minimum Gasteiger partial charge on any atom is -0.368 e. The number of rotatable bonds is 1. The Hall–Kier alpha value is -2.90. The third-order valence-corrected chi connectivity index (χ3v) is 2.40. The second-order valence-corrected chi connectivity index (χ2v) is 3.92. The molecule has 104 valence electrons. The molecule has 8 heteroatoms. The first-order valence-corrected chi connectivity index (χ1v) is 5.99. The Kier molecular flexibility index (Phi) is 4.28. The number of nitrogens with zero attached hydrogens (tertiary/aromatic N) is 3. The van der Waals surface area contributed by atoms with Crippen LogP contribution in [0.4, 0.5) is 16.7 Å². The maximum absolute atomic E-state index is 10.0. The molecule has 2 aromatic rings. The first-order chi connectivity index (χ1) is 9.65. The van der Waals surface area contributed by atoms with E-state index in [1.165, 1.54) is 0 Å². The van der Waals surface area contributed by atoms with Gasteiger partial charge in [0, 0.05) is 18.7 Å². The standard InChI is InChI=1S/C9H9N5.C3H6N2O/c10-8-12-7(13-9(11)14-8)6-4-2-1-3-5-6;6-3-4-1-2-5-3/h1-5H,(H4,10,11,12,13,14);1-2H2,(H2,4,5,6). The van der Waals surface area contributed by atoms with Gasteiger partial charge in [-0.25, -0.2) is 4.79 Å². The molecule has 3 rings (SSSR count). The lowest BCUT2D eigenvalue weighted by molar-refractivity contribution is 0.248. The molecule has 0 aliphatic carbocycles. The molecule has 1 aliphatic rings. The Morgan fingerprint density at radius 2 is 1.45 bits per heavy atom. The Morgan fingerprint density at radius 1 is 0.900 bits per heavy atom. The highest BCUT2D eigenvalue weighted by molar-refractivity contribution is 5.75. The van der Waals surface area contributed by atoms with Crippen LogP contribution in [-0.2, 0) is 0 Å². The van der Waals surface area contributed by atoms with Crippen molar-refractivity contribution in [3.8, 4) is 11.4 Å². The minimum absolute atomic E-state index is 0.0463. The van der Waals surface area contributed by atoms with Crippen molar-refractivity contribution < 1.29 is 4.79 Å². The van der Waals surface area contributed by atoms with Crippen LogP contribution in [0.15, 0.2) is 30.3 Å². The zero-order valence-corrected chi connectivity index (χ0v) is 10.7. The summed E-state index contributed by atoms with van der Waals surface area (Å²) in [7, 11) is 0. The van der Waals surface area contributed by atoms with Crippen molar-refractivity contribution in [3.05, 3.63) is 30.3 Å². The van der Waals surface area contributed by atoms with E-state index >= 15 is 0 Å². The molecule has 0 atom stereocenters. The molecule has 0 bridgehead atoms. The van der Waals surface area contributed by atoms with Crippen molar-refractivity contribution >= 4 is 17.9 Å². The predicted molar refractivity (Wildman–Crippen MR) is 75.5 cm³/mol. The van der Waals surface area contributed by atoms with Crippen molar-refractivity contribution in [2.45, 2.75) is 0 Å². The maximum Gasteiger partial charge on any atom is 0.314 e. The smallest absolute Gasteiger partial charge is 0.314 e. The van der Waals surface area contributed by atoms with E-state index in [0.717, 1.165) is 18.7 Å². The van der Waals surface area contributed by atoms with Crippen molar-refractivity contribution in [2.24, 2.45) is 0 Å². The number of nitrogens with two attached hydrogens (primary N) is 2. The second-order valence-electron chi connectivity index (χ2n) is 3.92. The van der Waals surface area contributed by atoms with Gasteiger partial charge in [-0.3, -0.25) is 0 Å². The van der Waals surface area contributed by atoms with E-state index in [2.05, 4.69) is 25.6 Å². The summed E-state index contributed by atoms with van der Waals surface area (Å²) in [5, 5.41) is 5.14. The summed E-state index contributed by atoms with van der Waals surface area (Å²) in [4.78, 5) is 21.7. The second kappa shape index (κ2) is 6.32. The largest absolute Gasteiger partial charge is 0.368 e. The Bertz CT molecular complexity index is 559. The van der Waals surface area contributed by atoms with Crippen molar-refractivity contribution in [1.82, 2.24) is 25.6 Å². The number of hydrogen-bond acceptors (Lipinski definition) is 6.